The second-order valence-electron chi connectivity index (χ2n) is 12.5. The fourth-order valence-corrected chi connectivity index (χ4v) is 7.03. The molecule has 0 aliphatic carbocycles. The van der Waals surface area contributed by atoms with E-state index in [1.165, 1.54) is 5.39 Å². The maximum atomic E-state index is 6.16. The highest BCUT2D eigenvalue weighted by Crippen LogP contribution is 2.36. The number of hydrogen-bond donors (Lipinski definition) is 0. The largest absolute Gasteiger partial charge is 0.456 e. The van der Waals surface area contributed by atoms with Crippen LogP contribution in [0, 0.1) is 0 Å². The Labute approximate surface area is 287 Å². The van der Waals surface area contributed by atoms with Gasteiger partial charge in [-0.15, -0.1) is 0 Å². The first kappa shape index (κ1) is 28.2. The second-order valence-corrected chi connectivity index (χ2v) is 12.5. The summed E-state index contributed by atoms with van der Waals surface area (Å²) in [7, 11) is 0. The van der Waals surface area contributed by atoms with Gasteiger partial charge in [-0.25, -0.2) is 15.0 Å². The van der Waals surface area contributed by atoms with Crippen molar-refractivity contribution >= 4 is 43.7 Å². The Morgan fingerprint density at radius 1 is 0.340 bits per heavy atom. The lowest BCUT2D eigenvalue weighted by molar-refractivity contribution is 0.669. The van der Waals surface area contributed by atoms with Crippen LogP contribution in [0.5, 0.6) is 0 Å². The minimum Gasteiger partial charge on any atom is -0.456 e. The van der Waals surface area contributed by atoms with Crippen molar-refractivity contribution < 1.29 is 4.42 Å². The van der Waals surface area contributed by atoms with Crippen molar-refractivity contribution in [3.8, 4) is 51.0 Å². The summed E-state index contributed by atoms with van der Waals surface area (Å²) in [6.07, 6.45) is 0. The molecule has 234 valence electrons. The molecule has 0 radical (unpaired) electrons. The summed E-state index contributed by atoms with van der Waals surface area (Å²) in [4.78, 5) is 15.1. The number of hydrogen-bond acceptors (Lipinski definition) is 4. The van der Waals surface area contributed by atoms with Gasteiger partial charge in [0.25, 0.3) is 0 Å². The smallest absolute Gasteiger partial charge is 0.164 e. The Hall–Kier alpha value is -6.85. The van der Waals surface area contributed by atoms with E-state index >= 15 is 0 Å². The van der Waals surface area contributed by atoms with Crippen LogP contribution >= 0.6 is 0 Å². The summed E-state index contributed by atoms with van der Waals surface area (Å²) >= 11 is 0. The predicted octanol–water partition coefficient (Wildman–Crippen LogP) is 11.5. The molecule has 7 aromatic carbocycles. The number of nitrogens with zero attached hydrogens (tertiary/aromatic N) is 4. The summed E-state index contributed by atoms with van der Waals surface area (Å²) in [6, 6.07) is 58.6. The molecule has 5 heteroatoms. The molecule has 3 heterocycles. The van der Waals surface area contributed by atoms with Gasteiger partial charge in [-0.05, 0) is 65.7 Å². The second kappa shape index (κ2) is 11.4. The van der Waals surface area contributed by atoms with Gasteiger partial charge in [0.1, 0.15) is 11.2 Å². The lowest BCUT2D eigenvalue weighted by atomic mass is 10.0. The van der Waals surface area contributed by atoms with Gasteiger partial charge in [0.2, 0.25) is 0 Å². The molecule has 5 nitrogen and oxygen atoms in total. The Balaban J connectivity index is 1.08. The van der Waals surface area contributed by atoms with Crippen molar-refractivity contribution in [2.45, 2.75) is 0 Å². The Morgan fingerprint density at radius 3 is 1.66 bits per heavy atom. The van der Waals surface area contributed by atoms with Crippen molar-refractivity contribution in [3.05, 3.63) is 170 Å². The summed E-state index contributed by atoms with van der Waals surface area (Å²) in [5.41, 5.74) is 10.2. The number of rotatable bonds is 5. The van der Waals surface area contributed by atoms with Gasteiger partial charge in [-0.3, -0.25) is 0 Å². The van der Waals surface area contributed by atoms with Gasteiger partial charge in [-0.2, -0.15) is 0 Å². The van der Waals surface area contributed by atoms with Crippen molar-refractivity contribution in [3.63, 3.8) is 0 Å². The monoisotopic (exact) mass is 640 g/mol. The molecule has 0 aliphatic rings. The summed E-state index contributed by atoms with van der Waals surface area (Å²) in [5.74, 6) is 1.89. The van der Waals surface area contributed by atoms with Crippen molar-refractivity contribution in [1.82, 2.24) is 19.5 Å². The number of aromatic nitrogens is 4. The van der Waals surface area contributed by atoms with Gasteiger partial charge in [-0.1, -0.05) is 115 Å². The van der Waals surface area contributed by atoms with E-state index in [2.05, 4.69) is 120 Å². The van der Waals surface area contributed by atoms with Crippen LogP contribution in [-0.4, -0.2) is 19.5 Å². The van der Waals surface area contributed by atoms with Gasteiger partial charge < -0.3 is 8.98 Å². The number of para-hydroxylation sites is 3. The first-order chi connectivity index (χ1) is 24.8. The molecular formula is C45H28N4O. The molecule has 10 rings (SSSR count). The molecule has 10 aromatic rings. The maximum Gasteiger partial charge on any atom is 0.164 e. The van der Waals surface area contributed by atoms with Crippen LogP contribution in [0.1, 0.15) is 0 Å². The third kappa shape index (κ3) is 4.67. The van der Waals surface area contributed by atoms with Crippen LogP contribution in [0.15, 0.2) is 174 Å². The highest BCUT2D eigenvalue weighted by molar-refractivity contribution is 6.10. The first-order valence-electron chi connectivity index (χ1n) is 16.7. The molecule has 0 atom stereocenters. The molecule has 0 N–H and O–H groups in total. The molecular weight excluding hydrogens is 613 g/mol. The van der Waals surface area contributed by atoms with E-state index in [0.29, 0.717) is 17.5 Å². The Bertz CT molecular complexity index is 2850. The number of benzene rings is 7. The summed E-state index contributed by atoms with van der Waals surface area (Å²) < 4.78 is 8.48. The van der Waals surface area contributed by atoms with E-state index in [9.17, 15) is 0 Å². The maximum absolute atomic E-state index is 6.16. The van der Waals surface area contributed by atoms with Crippen LogP contribution in [0.25, 0.3) is 94.7 Å². The quantitative estimate of drug-likeness (QED) is 0.188. The van der Waals surface area contributed by atoms with Gasteiger partial charge >= 0.3 is 0 Å². The minimum atomic E-state index is 0.625. The normalized spacial score (nSPS) is 11.6. The fraction of sp³-hybridized carbons (Fsp3) is 0. The van der Waals surface area contributed by atoms with Crippen molar-refractivity contribution in [2.75, 3.05) is 0 Å². The molecule has 0 amide bonds. The fourth-order valence-electron chi connectivity index (χ4n) is 7.03. The molecule has 0 bridgehead atoms. The van der Waals surface area contributed by atoms with E-state index in [1.54, 1.807) is 0 Å². The predicted molar refractivity (Wildman–Crippen MR) is 203 cm³/mol. The van der Waals surface area contributed by atoms with Crippen molar-refractivity contribution in [2.24, 2.45) is 0 Å². The highest BCUT2D eigenvalue weighted by Gasteiger charge is 2.17. The molecule has 0 aliphatic heterocycles. The summed E-state index contributed by atoms with van der Waals surface area (Å²) in [5, 5.41) is 4.58. The van der Waals surface area contributed by atoms with Crippen LogP contribution in [0.3, 0.4) is 0 Å². The first-order valence-corrected chi connectivity index (χ1v) is 16.7. The van der Waals surface area contributed by atoms with Gasteiger partial charge in [0, 0.05) is 43.9 Å². The molecule has 0 fully saturated rings. The molecule has 0 unspecified atom stereocenters. The molecule has 3 aromatic heterocycles. The van der Waals surface area contributed by atoms with Gasteiger partial charge in [0.15, 0.2) is 17.5 Å². The van der Waals surface area contributed by atoms with Crippen molar-refractivity contribution in [1.29, 1.82) is 0 Å². The van der Waals surface area contributed by atoms with E-state index in [-0.39, 0.29) is 0 Å². The molecule has 0 saturated heterocycles. The number of fused-ring (bicyclic) bond motifs is 6. The van der Waals surface area contributed by atoms with E-state index in [4.69, 9.17) is 19.4 Å². The van der Waals surface area contributed by atoms with E-state index in [0.717, 1.165) is 71.9 Å². The van der Waals surface area contributed by atoms with Crippen LogP contribution < -0.4 is 0 Å². The van der Waals surface area contributed by atoms with Crippen LogP contribution in [-0.2, 0) is 0 Å². The van der Waals surface area contributed by atoms with Gasteiger partial charge in [0.05, 0.1) is 11.0 Å². The molecule has 0 saturated carbocycles. The van der Waals surface area contributed by atoms with E-state index in [1.807, 2.05) is 54.6 Å². The standard InChI is InChI=1S/C45H28N4O/c1-3-11-30(12-4-1)43-46-44(31-21-19-29(20-22-31)32-23-25-37-36-16-8-10-18-41(36)50-42(37)28-32)48-45(47-43)33-24-26-40-38(27-33)35-15-7-9-17-39(35)49(40)34-13-5-2-6-14-34/h1-28H. The third-order valence-electron chi connectivity index (χ3n) is 9.47. The zero-order chi connectivity index (χ0) is 33.0. The lowest BCUT2D eigenvalue weighted by Crippen LogP contribution is -2.00. The number of furan rings is 1. The minimum absolute atomic E-state index is 0.625. The lowest BCUT2D eigenvalue weighted by Gasteiger charge is -2.10. The zero-order valence-corrected chi connectivity index (χ0v) is 26.9. The SMILES string of the molecule is c1ccc(-c2nc(-c3ccc(-c4ccc5c(c4)oc4ccccc45)cc3)nc(-c3ccc4c(c3)c3ccccc3n4-c3ccccc3)n2)cc1. The Morgan fingerprint density at radius 2 is 0.880 bits per heavy atom. The average molecular weight is 641 g/mol. The topological polar surface area (TPSA) is 56.7 Å². The summed E-state index contributed by atoms with van der Waals surface area (Å²) in [6.45, 7) is 0. The van der Waals surface area contributed by atoms with E-state index < -0.39 is 0 Å². The molecule has 50 heavy (non-hydrogen) atoms. The Kier molecular flexibility index (Phi) is 6.42. The highest BCUT2D eigenvalue weighted by atomic mass is 16.3. The average Bonchev–Trinajstić information content (AvgIpc) is 3.73. The third-order valence-corrected chi connectivity index (χ3v) is 9.47. The zero-order valence-electron chi connectivity index (χ0n) is 26.9. The van der Waals surface area contributed by atoms with Crippen LogP contribution in [0.4, 0.5) is 0 Å². The molecule has 0 spiro atoms. The van der Waals surface area contributed by atoms with Crippen LogP contribution in [0.2, 0.25) is 0 Å².